The van der Waals surface area contributed by atoms with E-state index >= 15 is 0 Å². The van der Waals surface area contributed by atoms with Crippen molar-refractivity contribution in [2.75, 3.05) is 11.6 Å². The molecule has 0 unspecified atom stereocenters. The molecule has 1 N–H and O–H groups in total. The Balaban J connectivity index is 2.10. The Morgan fingerprint density at radius 1 is 1.15 bits per heavy atom. The summed E-state index contributed by atoms with van der Waals surface area (Å²) < 4.78 is 23.7. The number of anilines is 1. The maximum Gasteiger partial charge on any atom is 0.175 e. The summed E-state index contributed by atoms with van der Waals surface area (Å²) in [6, 6.07) is 12.3. The fourth-order valence-electron chi connectivity index (χ4n) is 1.70. The van der Waals surface area contributed by atoms with E-state index in [2.05, 4.69) is 21.2 Å². The molecule has 0 aromatic heterocycles. The zero-order valence-electron chi connectivity index (χ0n) is 10.7. The summed E-state index contributed by atoms with van der Waals surface area (Å²) in [6.07, 6.45) is 1.19. The van der Waals surface area contributed by atoms with Gasteiger partial charge in [0.25, 0.3) is 0 Å². The molecular formula is C14H13BrClNO2S. The Bertz CT molecular complexity index is 714. The molecule has 0 amide bonds. The van der Waals surface area contributed by atoms with Gasteiger partial charge in [-0.3, -0.25) is 0 Å². The van der Waals surface area contributed by atoms with Crippen molar-refractivity contribution >= 4 is 43.1 Å². The van der Waals surface area contributed by atoms with Crippen LogP contribution in [-0.2, 0) is 16.4 Å². The Hall–Kier alpha value is -1.04. The molecule has 0 bridgehead atoms. The van der Waals surface area contributed by atoms with E-state index in [4.69, 9.17) is 11.6 Å². The van der Waals surface area contributed by atoms with Crippen molar-refractivity contribution in [1.29, 1.82) is 0 Å². The molecule has 0 fully saturated rings. The van der Waals surface area contributed by atoms with Crippen LogP contribution >= 0.6 is 27.5 Å². The molecule has 0 spiro atoms. The summed E-state index contributed by atoms with van der Waals surface area (Å²) >= 11 is 9.51. The van der Waals surface area contributed by atoms with Crippen LogP contribution in [0.4, 0.5) is 5.69 Å². The Kier molecular flexibility index (Phi) is 4.73. The number of halogens is 2. The molecule has 2 rings (SSSR count). The summed E-state index contributed by atoms with van der Waals surface area (Å²) in [6.45, 7) is 0.566. The Morgan fingerprint density at radius 3 is 2.40 bits per heavy atom. The van der Waals surface area contributed by atoms with E-state index in [0.29, 0.717) is 16.5 Å². The van der Waals surface area contributed by atoms with Gasteiger partial charge in [-0.2, -0.15) is 0 Å². The first-order valence-corrected chi connectivity index (χ1v) is 8.90. The lowest BCUT2D eigenvalue weighted by Crippen LogP contribution is -2.01. The minimum atomic E-state index is -3.15. The molecule has 0 heterocycles. The average Bonchev–Trinajstić information content (AvgIpc) is 2.39. The standard InChI is InChI=1S/C14H13BrClNO2S/c1-20(18,19)13-5-3-12(4-6-13)17-9-10-8-11(15)2-7-14(10)16/h2-8,17H,9H2,1H3. The summed E-state index contributed by atoms with van der Waals surface area (Å²) in [5.74, 6) is 0. The molecule has 3 nitrogen and oxygen atoms in total. The highest BCUT2D eigenvalue weighted by molar-refractivity contribution is 9.10. The van der Waals surface area contributed by atoms with Gasteiger partial charge in [-0.1, -0.05) is 27.5 Å². The number of hydrogen-bond acceptors (Lipinski definition) is 3. The summed E-state index contributed by atoms with van der Waals surface area (Å²) in [5, 5.41) is 3.90. The summed E-state index contributed by atoms with van der Waals surface area (Å²) in [7, 11) is -3.15. The molecule has 6 heteroatoms. The van der Waals surface area contributed by atoms with E-state index in [-0.39, 0.29) is 0 Å². The highest BCUT2D eigenvalue weighted by Gasteiger charge is 2.06. The van der Waals surface area contributed by atoms with Crippen LogP contribution in [0.2, 0.25) is 5.02 Å². The van der Waals surface area contributed by atoms with Gasteiger partial charge in [-0.15, -0.1) is 0 Å². The number of rotatable bonds is 4. The molecule has 0 aliphatic heterocycles. The number of nitrogens with one attached hydrogen (secondary N) is 1. The molecule has 2 aromatic rings. The van der Waals surface area contributed by atoms with Crippen molar-refractivity contribution < 1.29 is 8.42 Å². The lowest BCUT2D eigenvalue weighted by Gasteiger charge is -2.09. The predicted molar refractivity (Wildman–Crippen MR) is 86.0 cm³/mol. The molecule has 0 saturated carbocycles. The second-order valence-electron chi connectivity index (χ2n) is 4.39. The van der Waals surface area contributed by atoms with Crippen molar-refractivity contribution in [2.24, 2.45) is 0 Å². The third-order valence-corrected chi connectivity index (χ3v) is 4.76. The molecule has 0 radical (unpaired) electrons. The third-order valence-electron chi connectivity index (χ3n) is 2.77. The van der Waals surface area contributed by atoms with Gasteiger partial charge in [0.1, 0.15) is 0 Å². The van der Waals surface area contributed by atoms with Gasteiger partial charge in [0, 0.05) is 28.0 Å². The van der Waals surface area contributed by atoms with Gasteiger partial charge < -0.3 is 5.32 Å². The van der Waals surface area contributed by atoms with Gasteiger partial charge in [0.05, 0.1) is 4.90 Å². The molecule has 2 aromatic carbocycles. The van der Waals surface area contributed by atoms with E-state index in [1.54, 1.807) is 24.3 Å². The van der Waals surface area contributed by atoms with Crippen LogP contribution in [-0.4, -0.2) is 14.7 Å². The van der Waals surface area contributed by atoms with Crippen LogP contribution in [0.1, 0.15) is 5.56 Å². The number of benzene rings is 2. The SMILES string of the molecule is CS(=O)(=O)c1ccc(NCc2cc(Br)ccc2Cl)cc1. The lowest BCUT2D eigenvalue weighted by molar-refractivity contribution is 0.602. The number of sulfone groups is 1. The first-order valence-electron chi connectivity index (χ1n) is 5.84. The zero-order chi connectivity index (χ0) is 14.8. The minimum absolute atomic E-state index is 0.309. The molecule has 0 aliphatic rings. The largest absolute Gasteiger partial charge is 0.381 e. The van der Waals surface area contributed by atoms with Crippen molar-refractivity contribution in [2.45, 2.75) is 11.4 Å². The molecule has 0 saturated heterocycles. The van der Waals surface area contributed by atoms with E-state index in [9.17, 15) is 8.42 Å². The van der Waals surface area contributed by atoms with Crippen LogP contribution in [0, 0.1) is 0 Å². The first kappa shape index (κ1) is 15.4. The second-order valence-corrected chi connectivity index (χ2v) is 7.72. The lowest BCUT2D eigenvalue weighted by atomic mass is 10.2. The summed E-state index contributed by atoms with van der Waals surface area (Å²) in [5.41, 5.74) is 1.81. The van der Waals surface area contributed by atoms with Crippen molar-refractivity contribution in [3.8, 4) is 0 Å². The van der Waals surface area contributed by atoms with Gasteiger partial charge in [-0.05, 0) is 48.0 Å². The molecule has 0 atom stereocenters. The maximum atomic E-state index is 11.4. The first-order chi connectivity index (χ1) is 9.36. The Morgan fingerprint density at radius 2 is 1.80 bits per heavy atom. The van der Waals surface area contributed by atoms with Gasteiger partial charge in [0.15, 0.2) is 9.84 Å². The van der Waals surface area contributed by atoms with Gasteiger partial charge >= 0.3 is 0 Å². The zero-order valence-corrected chi connectivity index (χ0v) is 13.9. The normalized spacial score (nSPS) is 11.3. The number of hydrogen-bond donors (Lipinski definition) is 1. The van der Waals surface area contributed by atoms with Crippen molar-refractivity contribution in [1.82, 2.24) is 0 Å². The van der Waals surface area contributed by atoms with Gasteiger partial charge in [-0.25, -0.2) is 8.42 Å². The van der Waals surface area contributed by atoms with Crippen molar-refractivity contribution in [3.63, 3.8) is 0 Å². The fraction of sp³-hybridized carbons (Fsp3) is 0.143. The van der Waals surface area contributed by atoms with E-state index in [0.717, 1.165) is 15.7 Å². The van der Waals surface area contributed by atoms with Crippen LogP contribution in [0.25, 0.3) is 0 Å². The highest BCUT2D eigenvalue weighted by atomic mass is 79.9. The van der Waals surface area contributed by atoms with Crippen molar-refractivity contribution in [3.05, 3.63) is 57.5 Å². The molecular weight excluding hydrogens is 362 g/mol. The second kappa shape index (κ2) is 6.16. The molecule has 0 aliphatic carbocycles. The molecule has 20 heavy (non-hydrogen) atoms. The topological polar surface area (TPSA) is 46.2 Å². The smallest absolute Gasteiger partial charge is 0.175 e. The van der Waals surface area contributed by atoms with E-state index < -0.39 is 9.84 Å². The van der Waals surface area contributed by atoms with Crippen LogP contribution in [0.5, 0.6) is 0 Å². The van der Waals surface area contributed by atoms with Crippen LogP contribution in [0.15, 0.2) is 51.8 Å². The minimum Gasteiger partial charge on any atom is -0.381 e. The monoisotopic (exact) mass is 373 g/mol. The van der Waals surface area contributed by atoms with Crippen LogP contribution < -0.4 is 5.32 Å². The summed E-state index contributed by atoms with van der Waals surface area (Å²) in [4.78, 5) is 0.309. The van der Waals surface area contributed by atoms with Crippen LogP contribution in [0.3, 0.4) is 0 Å². The van der Waals surface area contributed by atoms with Gasteiger partial charge in [0.2, 0.25) is 0 Å². The van der Waals surface area contributed by atoms with E-state index in [1.165, 1.54) is 6.26 Å². The molecule has 106 valence electrons. The average molecular weight is 375 g/mol. The fourth-order valence-corrected chi connectivity index (χ4v) is 2.92. The quantitative estimate of drug-likeness (QED) is 0.875. The highest BCUT2D eigenvalue weighted by Crippen LogP contribution is 2.22. The Labute approximate surface area is 132 Å². The predicted octanol–water partition coefficient (Wildman–Crippen LogP) is 4.12. The van der Waals surface area contributed by atoms with E-state index in [1.807, 2.05) is 18.2 Å². The third kappa shape index (κ3) is 3.98. The maximum absolute atomic E-state index is 11.4.